The Labute approximate surface area is 170 Å². The SMILES string of the molecule is COc1ccc(C(N[C@H](C)C(=O)O)(c2ccccc2)c2ccc(OC)cc2)cc1. The van der Waals surface area contributed by atoms with Crippen LogP contribution in [0, 0.1) is 0 Å². The summed E-state index contributed by atoms with van der Waals surface area (Å²) in [6.07, 6.45) is 0. The predicted octanol–water partition coefficient (Wildman–Crippen LogP) is 4.06. The van der Waals surface area contributed by atoms with Crippen LogP contribution < -0.4 is 14.8 Å². The first-order valence-electron chi connectivity index (χ1n) is 9.36. The summed E-state index contributed by atoms with van der Waals surface area (Å²) >= 11 is 0. The molecule has 0 radical (unpaired) electrons. The van der Waals surface area contributed by atoms with Gasteiger partial charge in [-0.25, -0.2) is 0 Å². The van der Waals surface area contributed by atoms with Crippen LogP contribution in [0.5, 0.6) is 11.5 Å². The molecule has 3 aromatic carbocycles. The monoisotopic (exact) mass is 391 g/mol. The van der Waals surface area contributed by atoms with Crippen LogP contribution in [-0.2, 0) is 10.3 Å². The van der Waals surface area contributed by atoms with Crippen molar-refractivity contribution in [3.8, 4) is 11.5 Å². The minimum absolute atomic E-state index is 0.733. The minimum atomic E-state index is -0.924. The highest BCUT2D eigenvalue weighted by molar-refractivity contribution is 5.73. The van der Waals surface area contributed by atoms with Crippen LogP contribution in [0.15, 0.2) is 78.9 Å². The van der Waals surface area contributed by atoms with E-state index in [1.807, 2.05) is 78.9 Å². The number of aliphatic carboxylic acids is 1. The van der Waals surface area contributed by atoms with Gasteiger partial charge in [-0.1, -0.05) is 54.6 Å². The van der Waals surface area contributed by atoms with Crippen molar-refractivity contribution in [3.05, 3.63) is 95.6 Å². The summed E-state index contributed by atoms with van der Waals surface area (Å²) in [6, 6.07) is 24.4. The number of carbonyl (C=O) groups is 1. The fourth-order valence-corrected chi connectivity index (χ4v) is 3.51. The van der Waals surface area contributed by atoms with Crippen LogP contribution in [0.2, 0.25) is 0 Å². The molecule has 0 saturated heterocycles. The quantitative estimate of drug-likeness (QED) is 0.567. The maximum atomic E-state index is 11.8. The smallest absolute Gasteiger partial charge is 0.320 e. The number of hydrogen-bond donors (Lipinski definition) is 2. The molecule has 0 amide bonds. The molecule has 0 spiro atoms. The van der Waals surface area contributed by atoms with Gasteiger partial charge in [-0.2, -0.15) is 0 Å². The Bertz CT molecular complexity index is 889. The molecule has 0 bridgehead atoms. The summed E-state index contributed by atoms with van der Waals surface area (Å²) in [5.74, 6) is 0.542. The Morgan fingerprint density at radius 1 is 0.793 bits per heavy atom. The fraction of sp³-hybridized carbons (Fsp3) is 0.208. The Kier molecular flexibility index (Phi) is 6.20. The number of hydrogen-bond acceptors (Lipinski definition) is 4. The van der Waals surface area contributed by atoms with Crippen molar-refractivity contribution in [3.63, 3.8) is 0 Å². The highest BCUT2D eigenvalue weighted by atomic mass is 16.5. The number of methoxy groups -OCH3 is 2. The normalized spacial score (nSPS) is 12.2. The molecule has 5 heteroatoms. The molecule has 0 unspecified atom stereocenters. The first-order chi connectivity index (χ1) is 14.0. The minimum Gasteiger partial charge on any atom is -0.497 e. The lowest BCUT2D eigenvalue weighted by Gasteiger charge is -2.38. The predicted molar refractivity (Wildman–Crippen MR) is 113 cm³/mol. The van der Waals surface area contributed by atoms with Crippen LogP contribution in [0.1, 0.15) is 23.6 Å². The number of nitrogens with one attached hydrogen (secondary N) is 1. The standard InChI is InChI=1S/C24H25NO4/c1-17(23(26)27)25-24(18-7-5-4-6-8-18,19-9-13-21(28-2)14-10-19)20-11-15-22(29-3)16-12-20/h4-17,25H,1-3H3,(H,26,27)/t17-/m1/s1. The molecule has 0 aliphatic carbocycles. The van der Waals surface area contributed by atoms with Crippen LogP contribution in [-0.4, -0.2) is 31.3 Å². The first kappa shape index (κ1) is 20.4. The van der Waals surface area contributed by atoms with E-state index in [-0.39, 0.29) is 0 Å². The lowest BCUT2D eigenvalue weighted by Crippen LogP contribution is -2.51. The van der Waals surface area contributed by atoms with E-state index in [0.29, 0.717) is 0 Å². The van der Waals surface area contributed by atoms with Gasteiger partial charge in [0.1, 0.15) is 17.5 Å². The molecule has 0 fully saturated rings. The van der Waals surface area contributed by atoms with Crippen LogP contribution in [0.3, 0.4) is 0 Å². The second-order valence-electron chi connectivity index (χ2n) is 6.78. The van der Waals surface area contributed by atoms with E-state index in [1.54, 1.807) is 21.1 Å². The van der Waals surface area contributed by atoms with Gasteiger partial charge in [0.05, 0.1) is 19.8 Å². The van der Waals surface area contributed by atoms with E-state index < -0.39 is 17.6 Å². The third kappa shape index (κ3) is 4.10. The summed E-state index contributed by atoms with van der Waals surface area (Å²) < 4.78 is 10.6. The maximum absolute atomic E-state index is 11.8. The Morgan fingerprint density at radius 3 is 1.59 bits per heavy atom. The number of ether oxygens (including phenoxy) is 2. The topological polar surface area (TPSA) is 67.8 Å². The number of carboxylic acids is 1. The number of rotatable bonds is 8. The first-order valence-corrected chi connectivity index (χ1v) is 9.36. The molecule has 150 valence electrons. The lowest BCUT2D eigenvalue weighted by atomic mass is 9.76. The van der Waals surface area contributed by atoms with Crippen molar-refractivity contribution < 1.29 is 19.4 Å². The largest absolute Gasteiger partial charge is 0.497 e. The van der Waals surface area contributed by atoms with E-state index in [0.717, 1.165) is 28.2 Å². The molecule has 1 atom stereocenters. The van der Waals surface area contributed by atoms with Crippen LogP contribution in [0.25, 0.3) is 0 Å². The van der Waals surface area contributed by atoms with Gasteiger partial charge in [0.2, 0.25) is 0 Å². The van der Waals surface area contributed by atoms with Crippen LogP contribution >= 0.6 is 0 Å². The summed E-state index contributed by atoms with van der Waals surface area (Å²) in [5.41, 5.74) is 1.87. The molecule has 3 rings (SSSR count). The van der Waals surface area contributed by atoms with Crippen molar-refractivity contribution in [1.29, 1.82) is 0 Å². The molecule has 5 nitrogen and oxygen atoms in total. The molecule has 2 N–H and O–H groups in total. The van der Waals surface area contributed by atoms with Gasteiger partial charge in [0.15, 0.2) is 0 Å². The molecule has 0 heterocycles. The molecular weight excluding hydrogens is 366 g/mol. The summed E-state index contributed by atoms with van der Waals surface area (Å²) in [5, 5.41) is 13.0. The van der Waals surface area contributed by atoms with E-state index in [2.05, 4.69) is 5.32 Å². The van der Waals surface area contributed by atoms with Crippen LogP contribution in [0.4, 0.5) is 0 Å². The fourth-order valence-electron chi connectivity index (χ4n) is 3.51. The number of benzene rings is 3. The van der Waals surface area contributed by atoms with E-state index >= 15 is 0 Å². The maximum Gasteiger partial charge on any atom is 0.320 e. The van der Waals surface area contributed by atoms with E-state index in [4.69, 9.17) is 9.47 Å². The molecule has 3 aromatic rings. The van der Waals surface area contributed by atoms with Crippen molar-refractivity contribution >= 4 is 5.97 Å². The zero-order valence-corrected chi connectivity index (χ0v) is 16.8. The second kappa shape index (κ2) is 8.80. The number of carboxylic acid groups (broad SMARTS) is 1. The van der Waals surface area contributed by atoms with Crippen molar-refractivity contribution in [2.75, 3.05) is 14.2 Å². The zero-order chi connectivity index (χ0) is 20.9. The highest BCUT2D eigenvalue weighted by Crippen LogP contribution is 2.38. The Balaban J connectivity index is 2.28. The molecule has 0 aliphatic rings. The average Bonchev–Trinajstić information content (AvgIpc) is 2.78. The van der Waals surface area contributed by atoms with Crippen molar-refractivity contribution in [2.45, 2.75) is 18.5 Å². The van der Waals surface area contributed by atoms with Crippen molar-refractivity contribution in [1.82, 2.24) is 5.32 Å². The summed E-state index contributed by atoms with van der Waals surface area (Å²) in [6.45, 7) is 1.65. The van der Waals surface area contributed by atoms with Gasteiger partial charge in [0, 0.05) is 0 Å². The molecule has 29 heavy (non-hydrogen) atoms. The molecule has 0 aromatic heterocycles. The van der Waals surface area contributed by atoms with Gasteiger partial charge in [0.25, 0.3) is 0 Å². The highest BCUT2D eigenvalue weighted by Gasteiger charge is 2.38. The van der Waals surface area contributed by atoms with Gasteiger partial charge in [-0.05, 0) is 47.9 Å². The molecular formula is C24H25NO4. The Hall–Kier alpha value is -3.31. The van der Waals surface area contributed by atoms with E-state index in [1.165, 1.54) is 0 Å². The second-order valence-corrected chi connectivity index (χ2v) is 6.78. The average molecular weight is 391 g/mol. The van der Waals surface area contributed by atoms with E-state index in [9.17, 15) is 9.90 Å². The zero-order valence-electron chi connectivity index (χ0n) is 16.8. The third-order valence-corrected chi connectivity index (χ3v) is 5.06. The molecule has 0 aliphatic heterocycles. The van der Waals surface area contributed by atoms with Gasteiger partial charge in [-0.15, -0.1) is 0 Å². The lowest BCUT2D eigenvalue weighted by molar-refractivity contribution is -0.139. The van der Waals surface area contributed by atoms with Gasteiger partial charge < -0.3 is 14.6 Å². The van der Waals surface area contributed by atoms with Gasteiger partial charge >= 0.3 is 5.97 Å². The summed E-state index contributed by atoms with van der Waals surface area (Å²) in [4.78, 5) is 11.8. The third-order valence-electron chi connectivity index (χ3n) is 5.06. The van der Waals surface area contributed by atoms with Crippen molar-refractivity contribution in [2.24, 2.45) is 0 Å². The van der Waals surface area contributed by atoms with Gasteiger partial charge in [-0.3, -0.25) is 10.1 Å². The Morgan fingerprint density at radius 2 is 1.21 bits per heavy atom. The molecule has 0 saturated carbocycles. The summed E-state index contributed by atoms with van der Waals surface area (Å²) in [7, 11) is 3.24.